The van der Waals surface area contributed by atoms with Crippen molar-refractivity contribution in [3.8, 4) is 0 Å². The first-order valence-electron chi connectivity index (χ1n) is 7.87. The third-order valence-corrected chi connectivity index (χ3v) is 4.74. The van der Waals surface area contributed by atoms with Crippen LogP contribution in [0.1, 0.15) is 28.2 Å². The van der Waals surface area contributed by atoms with Gasteiger partial charge in [0.05, 0.1) is 11.4 Å². The van der Waals surface area contributed by atoms with Crippen LogP contribution in [0.2, 0.25) is 5.15 Å². The number of primary amides is 1. The maximum absolute atomic E-state index is 12.1. The topological polar surface area (TPSA) is 56.0 Å². The first-order chi connectivity index (χ1) is 11.5. The lowest BCUT2D eigenvalue weighted by atomic mass is 9.90. The summed E-state index contributed by atoms with van der Waals surface area (Å²) in [4.78, 5) is 16.6. The van der Waals surface area contributed by atoms with Crippen molar-refractivity contribution in [2.45, 2.75) is 26.2 Å². The molecule has 1 heterocycles. The summed E-state index contributed by atoms with van der Waals surface area (Å²) in [5.41, 5.74) is 10.5. The van der Waals surface area contributed by atoms with Crippen molar-refractivity contribution in [2.24, 2.45) is 5.73 Å². The van der Waals surface area contributed by atoms with Gasteiger partial charge in [0.2, 0.25) is 5.91 Å². The average Bonchev–Trinajstić information content (AvgIpc) is 2.54. The Kier molecular flexibility index (Phi) is 4.54. The van der Waals surface area contributed by atoms with Gasteiger partial charge in [-0.05, 0) is 43.0 Å². The number of hydrogen-bond acceptors (Lipinski definition) is 2. The van der Waals surface area contributed by atoms with Crippen LogP contribution in [0.5, 0.6) is 0 Å². The number of fused-ring (bicyclic) bond motifs is 1. The summed E-state index contributed by atoms with van der Waals surface area (Å²) in [5.74, 6) is -0.898. The van der Waals surface area contributed by atoms with Crippen molar-refractivity contribution in [1.29, 1.82) is 0 Å². The quantitative estimate of drug-likeness (QED) is 0.720. The van der Waals surface area contributed by atoms with Gasteiger partial charge in [-0.15, -0.1) is 0 Å². The van der Waals surface area contributed by atoms with Crippen LogP contribution in [-0.4, -0.2) is 10.9 Å². The van der Waals surface area contributed by atoms with E-state index in [4.69, 9.17) is 17.3 Å². The molecular formula is C20H19ClN2O. The first kappa shape index (κ1) is 16.5. The number of nitrogens with zero attached hydrogens (tertiary/aromatic N) is 1. The van der Waals surface area contributed by atoms with Gasteiger partial charge < -0.3 is 5.73 Å². The van der Waals surface area contributed by atoms with Crippen LogP contribution in [0.15, 0.2) is 48.5 Å². The van der Waals surface area contributed by atoms with Crippen LogP contribution in [0.3, 0.4) is 0 Å². The van der Waals surface area contributed by atoms with Crippen molar-refractivity contribution in [3.63, 3.8) is 0 Å². The van der Waals surface area contributed by atoms with Crippen molar-refractivity contribution < 1.29 is 4.79 Å². The molecule has 0 radical (unpaired) electrons. The lowest BCUT2D eigenvalue weighted by Crippen LogP contribution is -2.24. The predicted molar refractivity (Wildman–Crippen MR) is 98.3 cm³/mol. The summed E-state index contributed by atoms with van der Waals surface area (Å²) in [6.07, 6.45) is 0.515. The van der Waals surface area contributed by atoms with Gasteiger partial charge in [-0.3, -0.25) is 4.79 Å². The zero-order valence-corrected chi connectivity index (χ0v) is 14.5. The highest BCUT2D eigenvalue weighted by Gasteiger charge is 2.23. The number of aryl methyl sites for hydroxylation is 2. The van der Waals surface area contributed by atoms with E-state index in [-0.39, 0.29) is 0 Å². The molecule has 0 aliphatic heterocycles. The van der Waals surface area contributed by atoms with Crippen LogP contribution < -0.4 is 5.73 Å². The van der Waals surface area contributed by atoms with Gasteiger partial charge in [0, 0.05) is 10.9 Å². The summed E-state index contributed by atoms with van der Waals surface area (Å²) in [6, 6.07) is 15.8. The van der Waals surface area contributed by atoms with Crippen LogP contribution in [0.4, 0.5) is 0 Å². The third-order valence-electron chi connectivity index (χ3n) is 4.43. The number of nitrogens with two attached hydrogens (primary N) is 1. The highest BCUT2D eigenvalue weighted by atomic mass is 35.5. The molecule has 0 bridgehead atoms. The molecule has 3 aromatic rings. The number of carbonyl (C=O) groups excluding carboxylic acids is 1. The third kappa shape index (κ3) is 3.13. The SMILES string of the molecule is Cc1ccccc1CC(C(N)=O)c1cc2cccc(C)c2nc1Cl. The van der Waals surface area contributed by atoms with E-state index in [9.17, 15) is 4.79 Å². The fraction of sp³-hybridized carbons (Fsp3) is 0.200. The Hall–Kier alpha value is -2.39. The largest absolute Gasteiger partial charge is 0.369 e. The minimum atomic E-state index is -0.504. The maximum Gasteiger partial charge on any atom is 0.225 e. The highest BCUT2D eigenvalue weighted by molar-refractivity contribution is 6.31. The second-order valence-corrected chi connectivity index (χ2v) is 6.46. The second-order valence-electron chi connectivity index (χ2n) is 6.10. The normalized spacial score (nSPS) is 12.3. The van der Waals surface area contributed by atoms with Gasteiger partial charge in [0.15, 0.2) is 0 Å². The summed E-state index contributed by atoms with van der Waals surface area (Å²) in [5, 5.41) is 1.31. The van der Waals surface area contributed by atoms with Gasteiger partial charge in [0.1, 0.15) is 5.15 Å². The molecule has 0 aliphatic carbocycles. The molecule has 122 valence electrons. The minimum absolute atomic E-state index is 0.342. The highest BCUT2D eigenvalue weighted by Crippen LogP contribution is 2.31. The zero-order chi connectivity index (χ0) is 17.3. The minimum Gasteiger partial charge on any atom is -0.369 e. The summed E-state index contributed by atoms with van der Waals surface area (Å²) in [7, 11) is 0. The Balaban J connectivity index is 2.09. The second kappa shape index (κ2) is 6.62. The Bertz CT molecular complexity index is 921. The molecule has 1 unspecified atom stereocenters. The van der Waals surface area contributed by atoms with Gasteiger partial charge in [-0.1, -0.05) is 54.1 Å². The molecular weight excluding hydrogens is 320 g/mol. The fourth-order valence-corrected chi connectivity index (χ4v) is 3.28. The molecule has 3 rings (SSSR count). The molecule has 1 amide bonds. The summed E-state index contributed by atoms with van der Waals surface area (Å²) in [6.45, 7) is 4.02. The monoisotopic (exact) mass is 338 g/mol. The molecule has 0 aliphatic rings. The number of benzene rings is 2. The van der Waals surface area contributed by atoms with Crippen molar-refractivity contribution in [1.82, 2.24) is 4.98 Å². The smallest absolute Gasteiger partial charge is 0.225 e. The Morgan fingerprint density at radius 3 is 2.54 bits per heavy atom. The van der Waals surface area contributed by atoms with E-state index < -0.39 is 11.8 Å². The molecule has 0 fully saturated rings. The summed E-state index contributed by atoms with van der Waals surface area (Å²) < 4.78 is 0. The molecule has 0 saturated heterocycles. The van der Waals surface area contributed by atoms with E-state index >= 15 is 0 Å². The number of hydrogen-bond donors (Lipinski definition) is 1. The van der Waals surface area contributed by atoms with E-state index in [1.165, 1.54) is 0 Å². The molecule has 1 aromatic heterocycles. The zero-order valence-electron chi connectivity index (χ0n) is 13.7. The van der Waals surface area contributed by atoms with E-state index in [0.717, 1.165) is 27.6 Å². The maximum atomic E-state index is 12.1. The Morgan fingerprint density at radius 2 is 1.83 bits per heavy atom. The van der Waals surface area contributed by atoms with Gasteiger partial charge >= 0.3 is 0 Å². The molecule has 1 atom stereocenters. The van der Waals surface area contributed by atoms with Crippen LogP contribution in [0, 0.1) is 13.8 Å². The summed E-state index contributed by atoms with van der Waals surface area (Å²) >= 11 is 6.40. The number of aromatic nitrogens is 1. The number of amides is 1. The van der Waals surface area contributed by atoms with Gasteiger partial charge in [-0.25, -0.2) is 4.98 Å². The van der Waals surface area contributed by atoms with Crippen LogP contribution in [-0.2, 0) is 11.2 Å². The van der Waals surface area contributed by atoms with E-state index in [0.29, 0.717) is 17.1 Å². The number of para-hydroxylation sites is 1. The lowest BCUT2D eigenvalue weighted by molar-refractivity contribution is -0.119. The molecule has 0 spiro atoms. The lowest BCUT2D eigenvalue weighted by Gasteiger charge is -2.17. The van der Waals surface area contributed by atoms with E-state index in [2.05, 4.69) is 4.98 Å². The molecule has 2 aromatic carbocycles. The van der Waals surface area contributed by atoms with E-state index in [1.54, 1.807) is 0 Å². The standard InChI is InChI=1S/C20H19ClN2O/c1-12-6-3-4-8-14(12)10-17(20(22)24)16-11-15-9-5-7-13(2)18(15)23-19(16)21/h3-9,11,17H,10H2,1-2H3,(H2,22,24). The van der Waals surface area contributed by atoms with Gasteiger partial charge in [-0.2, -0.15) is 0 Å². The number of carbonyl (C=O) groups is 1. The molecule has 3 nitrogen and oxygen atoms in total. The molecule has 0 saturated carbocycles. The van der Waals surface area contributed by atoms with Crippen molar-refractivity contribution >= 4 is 28.4 Å². The van der Waals surface area contributed by atoms with Crippen molar-refractivity contribution in [3.05, 3.63) is 75.9 Å². The molecule has 2 N–H and O–H groups in total. The van der Waals surface area contributed by atoms with Crippen LogP contribution >= 0.6 is 11.6 Å². The Morgan fingerprint density at radius 1 is 1.12 bits per heavy atom. The number of halogens is 1. The first-order valence-corrected chi connectivity index (χ1v) is 8.24. The van der Waals surface area contributed by atoms with E-state index in [1.807, 2.05) is 62.4 Å². The molecule has 4 heteroatoms. The number of pyridine rings is 1. The van der Waals surface area contributed by atoms with Crippen molar-refractivity contribution in [2.75, 3.05) is 0 Å². The van der Waals surface area contributed by atoms with Gasteiger partial charge in [0.25, 0.3) is 0 Å². The molecule has 24 heavy (non-hydrogen) atoms. The van der Waals surface area contributed by atoms with Crippen LogP contribution in [0.25, 0.3) is 10.9 Å². The Labute approximate surface area is 146 Å². The fourth-order valence-electron chi connectivity index (χ4n) is 3.01. The average molecular weight is 339 g/mol. The number of rotatable bonds is 4. The predicted octanol–water partition coefficient (Wildman–Crippen LogP) is 4.32.